The Hall–Kier alpha value is -3.24. The van der Waals surface area contributed by atoms with Gasteiger partial charge in [0.2, 0.25) is 11.0 Å². The average Bonchev–Trinajstić information content (AvgIpc) is 3.18. The molecule has 0 bridgehead atoms. The maximum absolute atomic E-state index is 13.1. The Bertz CT molecular complexity index is 1050. The summed E-state index contributed by atoms with van der Waals surface area (Å²) in [7, 11) is 0. The number of aromatic nitrogens is 2. The maximum Gasteiger partial charge on any atom is 0.232 e. The normalized spacial score (nSPS) is 15.1. The number of nitrogens with zero attached hydrogens (tertiary/aromatic N) is 3. The first-order valence-corrected chi connectivity index (χ1v) is 9.27. The van der Waals surface area contributed by atoms with Gasteiger partial charge in [0.15, 0.2) is 0 Å². The number of amides is 1. The fourth-order valence-electron chi connectivity index (χ4n) is 3.42. The number of ether oxygens (including phenoxy) is 1. The molecule has 3 aromatic rings. The van der Waals surface area contributed by atoms with Crippen LogP contribution in [0.5, 0.6) is 11.5 Å². The number of hydrogen-bond donors (Lipinski definition) is 1. The molecule has 6 nitrogen and oxygen atoms in total. The Labute approximate surface area is 160 Å². The molecule has 0 saturated heterocycles. The van der Waals surface area contributed by atoms with Crippen molar-refractivity contribution >= 4 is 22.4 Å². The standard InChI is InChI=1S/C20H16N4O2S/c1-20(2,18(25)23-19-24-22-11-27-19)17-13-5-3-4-6-15(13)26-16-9-12(10-21)7-8-14(16)17/h3-9,11,17H,1-2H3,(H,23,24,25)/t17-/m0/s1. The topological polar surface area (TPSA) is 87.9 Å². The third-order valence-electron chi connectivity index (χ3n) is 4.79. The largest absolute Gasteiger partial charge is 0.457 e. The van der Waals surface area contributed by atoms with Gasteiger partial charge in [-0.05, 0) is 18.2 Å². The van der Waals surface area contributed by atoms with E-state index in [-0.39, 0.29) is 11.8 Å². The molecule has 1 amide bonds. The third kappa shape index (κ3) is 2.94. The van der Waals surface area contributed by atoms with E-state index in [1.54, 1.807) is 17.6 Å². The summed E-state index contributed by atoms with van der Waals surface area (Å²) in [5.74, 6) is 0.908. The molecule has 1 atom stereocenters. The molecule has 4 rings (SSSR count). The van der Waals surface area contributed by atoms with E-state index in [0.29, 0.717) is 22.2 Å². The van der Waals surface area contributed by atoms with Crippen molar-refractivity contribution in [2.75, 3.05) is 5.32 Å². The molecular weight excluding hydrogens is 360 g/mol. The van der Waals surface area contributed by atoms with E-state index in [4.69, 9.17) is 4.74 Å². The molecule has 0 radical (unpaired) electrons. The molecule has 0 spiro atoms. The predicted octanol–water partition coefficient (Wildman–Crippen LogP) is 4.31. The molecule has 134 valence electrons. The lowest BCUT2D eigenvalue weighted by molar-refractivity contribution is -0.124. The molecule has 2 heterocycles. The molecule has 1 aliphatic rings. The third-order valence-corrected chi connectivity index (χ3v) is 5.40. The Morgan fingerprint density at radius 2 is 2.00 bits per heavy atom. The Morgan fingerprint density at radius 1 is 1.22 bits per heavy atom. The first kappa shape index (κ1) is 17.2. The summed E-state index contributed by atoms with van der Waals surface area (Å²) in [6, 6.07) is 15.2. The van der Waals surface area contributed by atoms with Gasteiger partial charge in [0.1, 0.15) is 17.0 Å². The van der Waals surface area contributed by atoms with Gasteiger partial charge in [0, 0.05) is 17.0 Å². The van der Waals surface area contributed by atoms with Crippen LogP contribution in [0.25, 0.3) is 0 Å². The van der Waals surface area contributed by atoms with Crippen molar-refractivity contribution in [1.29, 1.82) is 5.26 Å². The minimum Gasteiger partial charge on any atom is -0.457 e. The zero-order valence-corrected chi connectivity index (χ0v) is 15.6. The van der Waals surface area contributed by atoms with Crippen molar-refractivity contribution in [3.8, 4) is 17.6 Å². The monoisotopic (exact) mass is 376 g/mol. The molecule has 27 heavy (non-hydrogen) atoms. The average molecular weight is 376 g/mol. The fourth-order valence-corrected chi connectivity index (χ4v) is 3.86. The quantitative estimate of drug-likeness (QED) is 0.736. The second-order valence-corrected chi connectivity index (χ2v) is 7.69. The van der Waals surface area contributed by atoms with E-state index in [0.717, 1.165) is 11.1 Å². The van der Waals surface area contributed by atoms with Crippen LogP contribution < -0.4 is 10.1 Å². The molecule has 0 aliphatic carbocycles. The van der Waals surface area contributed by atoms with Crippen LogP contribution in [0.15, 0.2) is 48.0 Å². The first-order chi connectivity index (χ1) is 13.0. The van der Waals surface area contributed by atoms with Crippen molar-refractivity contribution in [3.05, 3.63) is 64.7 Å². The Kier molecular flexibility index (Phi) is 4.13. The molecular formula is C20H16N4O2S. The number of fused-ring (bicyclic) bond motifs is 2. The highest BCUT2D eigenvalue weighted by Gasteiger charge is 2.43. The van der Waals surface area contributed by atoms with E-state index in [2.05, 4.69) is 21.6 Å². The van der Waals surface area contributed by atoms with Crippen LogP contribution in [-0.4, -0.2) is 16.1 Å². The van der Waals surface area contributed by atoms with E-state index < -0.39 is 5.41 Å². The van der Waals surface area contributed by atoms with Crippen LogP contribution in [0, 0.1) is 16.7 Å². The van der Waals surface area contributed by atoms with Crippen LogP contribution in [0.1, 0.15) is 36.5 Å². The molecule has 0 fully saturated rings. The number of rotatable bonds is 3. The molecule has 2 aromatic carbocycles. The summed E-state index contributed by atoms with van der Waals surface area (Å²) in [5, 5.41) is 20.2. The molecule has 7 heteroatoms. The van der Waals surface area contributed by atoms with Gasteiger partial charge >= 0.3 is 0 Å². The Morgan fingerprint density at radius 3 is 2.74 bits per heavy atom. The minimum atomic E-state index is -0.797. The van der Waals surface area contributed by atoms with Gasteiger partial charge in [-0.3, -0.25) is 4.79 Å². The zero-order chi connectivity index (χ0) is 19.0. The number of nitrogens with one attached hydrogen (secondary N) is 1. The lowest BCUT2D eigenvalue weighted by Gasteiger charge is -2.38. The van der Waals surface area contributed by atoms with Gasteiger partial charge in [-0.15, -0.1) is 10.2 Å². The van der Waals surface area contributed by atoms with E-state index in [9.17, 15) is 10.1 Å². The molecule has 1 aromatic heterocycles. The van der Waals surface area contributed by atoms with Crippen molar-refractivity contribution in [1.82, 2.24) is 10.2 Å². The number of anilines is 1. The first-order valence-electron chi connectivity index (χ1n) is 8.39. The summed E-state index contributed by atoms with van der Waals surface area (Å²) in [6.07, 6.45) is 0. The van der Waals surface area contributed by atoms with Crippen LogP contribution in [0.2, 0.25) is 0 Å². The highest BCUT2D eigenvalue weighted by atomic mass is 32.1. The lowest BCUT2D eigenvalue weighted by Crippen LogP contribution is -2.38. The second kappa shape index (κ2) is 6.49. The predicted molar refractivity (Wildman–Crippen MR) is 102 cm³/mol. The number of carbonyl (C=O) groups excluding carboxylic acids is 1. The van der Waals surface area contributed by atoms with Crippen molar-refractivity contribution in [2.45, 2.75) is 19.8 Å². The van der Waals surface area contributed by atoms with Gasteiger partial charge in [-0.25, -0.2) is 0 Å². The summed E-state index contributed by atoms with van der Waals surface area (Å²) >= 11 is 1.28. The number of hydrogen-bond acceptors (Lipinski definition) is 6. The fraction of sp³-hybridized carbons (Fsp3) is 0.200. The maximum atomic E-state index is 13.1. The zero-order valence-electron chi connectivity index (χ0n) is 14.8. The Balaban J connectivity index is 1.81. The highest BCUT2D eigenvalue weighted by molar-refractivity contribution is 7.13. The van der Waals surface area contributed by atoms with Crippen LogP contribution in [0.3, 0.4) is 0 Å². The number of para-hydroxylation sites is 1. The van der Waals surface area contributed by atoms with Crippen molar-refractivity contribution in [2.24, 2.45) is 5.41 Å². The highest BCUT2D eigenvalue weighted by Crippen LogP contribution is 2.52. The van der Waals surface area contributed by atoms with Gasteiger partial charge in [-0.1, -0.05) is 49.4 Å². The lowest BCUT2D eigenvalue weighted by atomic mass is 9.69. The van der Waals surface area contributed by atoms with Gasteiger partial charge in [-0.2, -0.15) is 5.26 Å². The van der Waals surface area contributed by atoms with Gasteiger partial charge < -0.3 is 10.1 Å². The van der Waals surface area contributed by atoms with E-state index >= 15 is 0 Å². The summed E-state index contributed by atoms with van der Waals surface area (Å²) in [6.45, 7) is 3.80. The van der Waals surface area contributed by atoms with Crippen LogP contribution in [0.4, 0.5) is 5.13 Å². The minimum absolute atomic E-state index is 0.156. The molecule has 0 saturated carbocycles. The van der Waals surface area contributed by atoms with E-state index in [1.807, 2.05) is 44.2 Å². The molecule has 0 unspecified atom stereocenters. The summed E-state index contributed by atoms with van der Waals surface area (Å²) < 4.78 is 6.03. The smallest absolute Gasteiger partial charge is 0.232 e. The number of nitriles is 1. The van der Waals surface area contributed by atoms with Gasteiger partial charge in [0.05, 0.1) is 17.0 Å². The number of carbonyl (C=O) groups is 1. The van der Waals surface area contributed by atoms with Crippen LogP contribution >= 0.6 is 11.3 Å². The van der Waals surface area contributed by atoms with Crippen molar-refractivity contribution < 1.29 is 9.53 Å². The second-order valence-electron chi connectivity index (χ2n) is 6.86. The molecule has 1 N–H and O–H groups in total. The van der Waals surface area contributed by atoms with Crippen molar-refractivity contribution in [3.63, 3.8) is 0 Å². The molecule has 1 aliphatic heterocycles. The van der Waals surface area contributed by atoms with Crippen LogP contribution in [-0.2, 0) is 4.79 Å². The number of benzene rings is 2. The summed E-state index contributed by atoms with van der Waals surface area (Å²) in [5.41, 5.74) is 3.11. The SMILES string of the molecule is CC(C)(C(=O)Nc1nncs1)[C@H]1c2ccccc2Oc2cc(C#N)ccc21. The van der Waals surface area contributed by atoms with E-state index in [1.165, 1.54) is 11.3 Å². The van der Waals surface area contributed by atoms with Gasteiger partial charge in [0.25, 0.3) is 0 Å². The summed E-state index contributed by atoms with van der Waals surface area (Å²) in [4.78, 5) is 13.1.